The molecule has 11 heteroatoms. The van der Waals surface area contributed by atoms with E-state index in [-0.39, 0.29) is 0 Å². The average molecular weight is 532 g/mol. The lowest BCUT2D eigenvalue weighted by Gasteiger charge is -2.37. The van der Waals surface area contributed by atoms with Crippen LogP contribution in [0.4, 0.5) is 18.9 Å². The van der Waals surface area contributed by atoms with Crippen LogP contribution in [-0.4, -0.2) is 43.0 Å². The summed E-state index contributed by atoms with van der Waals surface area (Å²) < 4.78 is 49.0. The van der Waals surface area contributed by atoms with E-state index in [0.717, 1.165) is 29.2 Å². The number of para-hydroxylation sites is 1. The molecular formula is C28H24F3N7O. The molecule has 0 N–H and O–H groups in total. The van der Waals surface area contributed by atoms with E-state index in [1.54, 1.807) is 18.1 Å². The van der Waals surface area contributed by atoms with Gasteiger partial charge < -0.3 is 14.2 Å². The third kappa shape index (κ3) is 4.60. The number of halogens is 3. The Balaban J connectivity index is 1.42. The van der Waals surface area contributed by atoms with Crippen LogP contribution in [0.1, 0.15) is 28.7 Å². The summed E-state index contributed by atoms with van der Waals surface area (Å²) in [5.41, 5.74) is 3.04. The molecule has 2 aromatic carbocycles. The van der Waals surface area contributed by atoms with Crippen LogP contribution >= 0.6 is 0 Å². The largest absolute Gasteiger partial charge is 0.479 e. The van der Waals surface area contributed by atoms with Gasteiger partial charge in [0.05, 0.1) is 31.2 Å². The minimum Gasteiger partial charge on any atom is -0.479 e. The Morgan fingerprint density at radius 1 is 0.923 bits per heavy atom. The molecule has 0 radical (unpaired) electrons. The number of pyridine rings is 1. The van der Waals surface area contributed by atoms with Crippen LogP contribution in [-0.2, 0) is 12.7 Å². The van der Waals surface area contributed by atoms with Gasteiger partial charge in [-0.3, -0.25) is 0 Å². The molecule has 0 saturated heterocycles. The number of fused-ring (bicyclic) bond motifs is 1. The summed E-state index contributed by atoms with van der Waals surface area (Å²) in [6.07, 6.45) is -0.849. The van der Waals surface area contributed by atoms with E-state index in [2.05, 4.69) is 14.9 Å². The molecule has 0 saturated carbocycles. The van der Waals surface area contributed by atoms with Crippen molar-refractivity contribution in [3.8, 4) is 23.1 Å². The number of imidazole rings is 1. The lowest BCUT2D eigenvalue weighted by atomic mass is 10.00. The van der Waals surface area contributed by atoms with Gasteiger partial charge in [0.1, 0.15) is 17.4 Å². The number of benzene rings is 2. The molecule has 0 fully saturated rings. The average Bonchev–Trinajstić information content (AvgIpc) is 3.58. The third-order valence-corrected chi connectivity index (χ3v) is 6.70. The molecular weight excluding hydrogens is 507 g/mol. The van der Waals surface area contributed by atoms with Gasteiger partial charge in [-0.2, -0.15) is 13.2 Å². The zero-order valence-electron chi connectivity index (χ0n) is 21.2. The number of anilines is 1. The van der Waals surface area contributed by atoms with Gasteiger partial charge in [0, 0.05) is 18.4 Å². The van der Waals surface area contributed by atoms with Gasteiger partial charge >= 0.3 is 6.18 Å². The molecule has 1 aliphatic heterocycles. The van der Waals surface area contributed by atoms with Crippen LogP contribution in [0.5, 0.6) is 5.88 Å². The van der Waals surface area contributed by atoms with Crippen molar-refractivity contribution in [1.29, 1.82) is 0 Å². The summed E-state index contributed by atoms with van der Waals surface area (Å²) in [6.45, 7) is 3.05. The standard InChI is InChI=1S/C28H24F3N7O/c1-18-16-36(17-32-18)23-13-12-22(33-27(23)39-2)25-34-26-24(19-8-10-20(11-9-19)28(29,30)31)37(14-15-38(26)35-25)21-6-4-3-5-7-21/h3-13,16-17,24H,14-15H2,1-2H3/t24-/m0/s1. The molecule has 3 aromatic heterocycles. The van der Waals surface area contributed by atoms with E-state index < -0.39 is 17.8 Å². The molecule has 5 aromatic rings. The van der Waals surface area contributed by atoms with Crippen molar-refractivity contribution < 1.29 is 17.9 Å². The maximum Gasteiger partial charge on any atom is 0.416 e. The highest BCUT2D eigenvalue weighted by molar-refractivity contribution is 5.57. The molecule has 39 heavy (non-hydrogen) atoms. The van der Waals surface area contributed by atoms with Crippen molar-refractivity contribution in [2.45, 2.75) is 25.7 Å². The van der Waals surface area contributed by atoms with E-state index in [4.69, 9.17) is 14.8 Å². The monoisotopic (exact) mass is 531 g/mol. The number of ether oxygens (including phenoxy) is 1. The van der Waals surface area contributed by atoms with Crippen molar-refractivity contribution in [2.75, 3.05) is 18.6 Å². The number of nitrogens with zero attached hydrogens (tertiary/aromatic N) is 7. The molecule has 0 spiro atoms. The third-order valence-electron chi connectivity index (χ3n) is 6.70. The first kappa shape index (κ1) is 24.7. The molecule has 1 atom stereocenters. The number of hydrogen-bond donors (Lipinski definition) is 0. The fourth-order valence-electron chi connectivity index (χ4n) is 4.84. The Morgan fingerprint density at radius 3 is 2.36 bits per heavy atom. The van der Waals surface area contributed by atoms with Crippen LogP contribution in [0.3, 0.4) is 0 Å². The summed E-state index contributed by atoms with van der Waals surface area (Å²) in [4.78, 5) is 15.9. The van der Waals surface area contributed by atoms with Gasteiger partial charge in [-0.1, -0.05) is 30.3 Å². The highest BCUT2D eigenvalue weighted by Crippen LogP contribution is 2.37. The maximum atomic E-state index is 13.3. The number of methoxy groups -OCH3 is 1. The first-order valence-electron chi connectivity index (χ1n) is 12.3. The van der Waals surface area contributed by atoms with Crippen LogP contribution < -0.4 is 9.64 Å². The minimum absolute atomic E-state index is 0.392. The molecule has 0 bridgehead atoms. The van der Waals surface area contributed by atoms with Crippen LogP contribution in [0.15, 0.2) is 79.3 Å². The van der Waals surface area contributed by atoms with Gasteiger partial charge in [-0.05, 0) is 48.9 Å². The Morgan fingerprint density at radius 2 is 1.69 bits per heavy atom. The van der Waals surface area contributed by atoms with E-state index in [1.807, 2.05) is 60.2 Å². The Labute approximate surface area is 222 Å². The van der Waals surface area contributed by atoms with Crippen molar-refractivity contribution in [3.63, 3.8) is 0 Å². The summed E-state index contributed by atoms with van der Waals surface area (Å²) >= 11 is 0. The second-order valence-corrected chi connectivity index (χ2v) is 9.22. The number of hydrogen-bond acceptors (Lipinski definition) is 6. The van der Waals surface area contributed by atoms with Crippen LogP contribution in [0, 0.1) is 6.92 Å². The van der Waals surface area contributed by atoms with Crippen molar-refractivity contribution >= 4 is 5.69 Å². The van der Waals surface area contributed by atoms with Gasteiger partial charge in [-0.15, -0.1) is 5.10 Å². The zero-order valence-corrected chi connectivity index (χ0v) is 21.2. The van der Waals surface area contributed by atoms with E-state index >= 15 is 0 Å². The normalized spacial score (nSPS) is 15.3. The van der Waals surface area contributed by atoms with E-state index in [0.29, 0.717) is 41.9 Å². The van der Waals surface area contributed by atoms with Crippen molar-refractivity contribution in [1.82, 2.24) is 29.3 Å². The van der Waals surface area contributed by atoms with E-state index in [1.165, 1.54) is 12.1 Å². The SMILES string of the molecule is COc1nc(-c2nc3n(n2)CCN(c2ccccc2)[C@H]3c2ccc(C(F)(F)F)cc2)ccc1-n1cnc(C)c1. The van der Waals surface area contributed by atoms with Gasteiger partial charge in [0.2, 0.25) is 5.88 Å². The van der Waals surface area contributed by atoms with Gasteiger partial charge in [0.25, 0.3) is 0 Å². The molecule has 6 rings (SSSR count). The first-order chi connectivity index (χ1) is 18.8. The van der Waals surface area contributed by atoms with Gasteiger partial charge in [0.15, 0.2) is 11.6 Å². The van der Waals surface area contributed by atoms with Crippen LogP contribution in [0.2, 0.25) is 0 Å². The summed E-state index contributed by atoms with van der Waals surface area (Å²) in [7, 11) is 1.55. The van der Waals surface area contributed by atoms with E-state index in [9.17, 15) is 13.2 Å². The second-order valence-electron chi connectivity index (χ2n) is 9.22. The highest BCUT2D eigenvalue weighted by atomic mass is 19.4. The lowest BCUT2D eigenvalue weighted by molar-refractivity contribution is -0.137. The fourth-order valence-corrected chi connectivity index (χ4v) is 4.84. The predicted molar refractivity (Wildman–Crippen MR) is 139 cm³/mol. The molecule has 8 nitrogen and oxygen atoms in total. The lowest BCUT2D eigenvalue weighted by Crippen LogP contribution is -2.39. The van der Waals surface area contributed by atoms with Gasteiger partial charge in [-0.25, -0.2) is 19.6 Å². The Hall–Kier alpha value is -4.67. The minimum atomic E-state index is -4.41. The molecule has 1 aliphatic rings. The molecule has 198 valence electrons. The first-order valence-corrected chi connectivity index (χ1v) is 12.3. The summed E-state index contributed by atoms with van der Waals surface area (Å²) in [5, 5.41) is 4.73. The number of aromatic nitrogens is 6. The van der Waals surface area contributed by atoms with Crippen molar-refractivity contribution in [2.24, 2.45) is 0 Å². The number of rotatable bonds is 5. The summed E-state index contributed by atoms with van der Waals surface area (Å²) in [5.74, 6) is 1.42. The maximum absolute atomic E-state index is 13.3. The predicted octanol–water partition coefficient (Wildman–Crippen LogP) is 5.47. The second kappa shape index (κ2) is 9.57. The smallest absolute Gasteiger partial charge is 0.416 e. The fraction of sp³-hybridized carbons (Fsp3) is 0.214. The van der Waals surface area contributed by atoms with Crippen molar-refractivity contribution in [3.05, 3.63) is 102 Å². The molecule has 4 heterocycles. The number of alkyl halides is 3. The Kier molecular flexibility index (Phi) is 6.05. The quantitative estimate of drug-likeness (QED) is 0.300. The number of aryl methyl sites for hydroxylation is 1. The Bertz CT molecular complexity index is 1610. The topological polar surface area (TPSA) is 73.9 Å². The summed E-state index contributed by atoms with van der Waals surface area (Å²) in [6, 6.07) is 18.2. The van der Waals surface area contributed by atoms with Crippen LogP contribution in [0.25, 0.3) is 17.2 Å². The molecule has 0 unspecified atom stereocenters. The highest BCUT2D eigenvalue weighted by Gasteiger charge is 2.35. The zero-order chi connectivity index (χ0) is 27.1. The molecule has 0 aliphatic carbocycles. The molecule has 0 amide bonds.